The number of nitrogens with zero attached hydrogens (tertiary/aromatic N) is 5. The van der Waals surface area contributed by atoms with E-state index in [1.807, 2.05) is 73.5 Å². The summed E-state index contributed by atoms with van der Waals surface area (Å²) in [5, 5.41) is 14.4. The topological polar surface area (TPSA) is 73.1 Å². The summed E-state index contributed by atoms with van der Waals surface area (Å²) in [5.41, 5.74) is 3.17. The number of carbonyl (C=O) groups is 1. The summed E-state index contributed by atoms with van der Waals surface area (Å²) in [4.78, 5) is 15.2. The fraction of sp³-hybridized carbons (Fsp3) is 0.167. The molecule has 3 aromatic carbocycles. The highest BCUT2D eigenvalue weighted by Gasteiger charge is 2.38. The van der Waals surface area contributed by atoms with Gasteiger partial charge in [-0.05, 0) is 39.2 Å². The smallest absolute Gasteiger partial charge is 0.338 e. The van der Waals surface area contributed by atoms with Crippen molar-refractivity contribution in [3.63, 3.8) is 0 Å². The summed E-state index contributed by atoms with van der Waals surface area (Å²) in [6.07, 6.45) is 0. The molecule has 0 bridgehead atoms. The zero-order chi connectivity index (χ0) is 21.4. The van der Waals surface area contributed by atoms with Crippen LogP contribution in [0.2, 0.25) is 0 Å². The van der Waals surface area contributed by atoms with E-state index in [4.69, 9.17) is 4.74 Å². The van der Waals surface area contributed by atoms with Crippen LogP contribution in [-0.2, 0) is 16.1 Å². The zero-order valence-electron chi connectivity index (χ0n) is 17.3. The molecular weight excluding hydrogens is 390 g/mol. The van der Waals surface area contributed by atoms with Crippen molar-refractivity contribution in [1.82, 2.24) is 20.2 Å². The maximum absolute atomic E-state index is 13.4. The van der Waals surface area contributed by atoms with Crippen molar-refractivity contribution in [3.05, 3.63) is 95.2 Å². The fourth-order valence-corrected chi connectivity index (χ4v) is 4.06. The van der Waals surface area contributed by atoms with Crippen molar-refractivity contribution in [2.24, 2.45) is 0 Å². The van der Waals surface area contributed by atoms with Crippen LogP contribution < -0.4 is 4.90 Å². The van der Waals surface area contributed by atoms with Crippen LogP contribution in [0, 0.1) is 0 Å². The Bertz CT molecular complexity index is 1290. The Kier molecular flexibility index (Phi) is 4.71. The van der Waals surface area contributed by atoms with E-state index >= 15 is 0 Å². The van der Waals surface area contributed by atoms with Gasteiger partial charge in [0.25, 0.3) is 0 Å². The van der Waals surface area contributed by atoms with Crippen LogP contribution in [0.5, 0.6) is 0 Å². The Hall–Kier alpha value is -4.00. The number of fused-ring (bicyclic) bond motifs is 2. The SMILES string of the molecule is CC1=C(C(=O)OCc2ccccc2)C(c2cccc3ccccc23)n2nnnc2N1C. The molecule has 1 unspecified atom stereocenters. The number of aromatic nitrogens is 4. The zero-order valence-corrected chi connectivity index (χ0v) is 17.3. The summed E-state index contributed by atoms with van der Waals surface area (Å²) in [5.74, 6) is 0.197. The molecular formula is C24H21N5O2. The van der Waals surface area contributed by atoms with Gasteiger partial charge in [-0.15, -0.1) is 0 Å². The minimum absolute atomic E-state index is 0.199. The van der Waals surface area contributed by atoms with Crippen molar-refractivity contribution in [1.29, 1.82) is 0 Å². The van der Waals surface area contributed by atoms with Gasteiger partial charge in [0, 0.05) is 12.7 Å². The number of hydrogen-bond donors (Lipinski definition) is 0. The largest absolute Gasteiger partial charge is 0.457 e. The number of rotatable bonds is 4. The Morgan fingerprint density at radius 1 is 1.00 bits per heavy atom. The molecule has 0 radical (unpaired) electrons. The predicted molar refractivity (Wildman–Crippen MR) is 117 cm³/mol. The molecule has 4 aromatic rings. The molecule has 2 heterocycles. The third kappa shape index (κ3) is 3.24. The molecule has 0 fully saturated rings. The van der Waals surface area contributed by atoms with Gasteiger partial charge in [0.05, 0.1) is 5.57 Å². The summed E-state index contributed by atoms with van der Waals surface area (Å²) in [7, 11) is 1.85. The van der Waals surface area contributed by atoms with E-state index in [1.165, 1.54) is 0 Å². The number of anilines is 1. The second-order valence-corrected chi connectivity index (χ2v) is 7.51. The van der Waals surface area contributed by atoms with Gasteiger partial charge in [-0.3, -0.25) is 0 Å². The highest BCUT2D eigenvalue weighted by molar-refractivity contribution is 5.95. The number of tetrazole rings is 1. The van der Waals surface area contributed by atoms with E-state index in [0.717, 1.165) is 27.6 Å². The van der Waals surface area contributed by atoms with Gasteiger partial charge in [0.2, 0.25) is 5.95 Å². The van der Waals surface area contributed by atoms with Crippen LogP contribution in [0.15, 0.2) is 84.1 Å². The lowest BCUT2D eigenvalue weighted by Crippen LogP contribution is -2.34. The fourth-order valence-electron chi connectivity index (χ4n) is 4.06. The normalized spacial score (nSPS) is 15.8. The summed E-state index contributed by atoms with van der Waals surface area (Å²) in [6, 6.07) is 23.3. The number of benzene rings is 3. The van der Waals surface area contributed by atoms with Gasteiger partial charge < -0.3 is 9.64 Å². The third-order valence-corrected chi connectivity index (χ3v) is 5.74. The average Bonchev–Trinajstić information content (AvgIpc) is 3.30. The minimum Gasteiger partial charge on any atom is -0.457 e. The van der Waals surface area contributed by atoms with Crippen LogP contribution >= 0.6 is 0 Å². The van der Waals surface area contributed by atoms with E-state index in [9.17, 15) is 4.79 Å². The standard InChI is InChI=1S/C24H21N5O2/c1-16-21(23(30)31-15-17-9-4-3-5-10-17)22(29-24(28(16)2)25-26-27-29)20-14-8-12-18-11-6-7-13-19(18)20/h3-14,22H,15H2,1-2H3. The first-order chi connectivity index (χ1) is 15.1. The summed E-state index contributed by atoms with van der Waals surface area (Å²) in [6.45, 7) is 2.10. The number of hydrogen-bond acceptors (Lipinski definition) is 6. The van der Waals surface area contributed by atoms with Gasteiger partial charge in [0.15, 0.2) is 0 Å². The van der Waals surface area contributed by atoms with E-state index in [1.54, 1.807) is 4.68 Å². The molecule has 0 spiro atoms. The maximum atomic E-state index is 13.4. The quantitative estimate of drug-likeness (QED) is 0.475. The molecule has 0 aliphatic carbocycles. The van der Waals surface area contributed by atoms with Crippen LogP contribution in [0.25, 0.3) is 10.8 Å². The highest BCUT2D eigenvalue weighted by atomic mass is 16.5. The second-order valence-electron chi connectivity index (χ2n) is 7.51. The molecule has 31 heavy (non-hydrogen) atoms. The molecule has 154 valence electrons. The first kappa shape index (κ1) is 19.0. The number of ether oxygens (including phenoxy) is 1. The van der Waals surface area contributed by atoms with Gasteiger partial charge in [0.1, 0.15) is 12.6 Å². The van der Waals surface area contributed by atoms with E-state index in [0.29, 0.717) is 11.5 Å². The molecule has 7 heteroatoms. The van der Waals surface area contributed by atoms with Gasteiger partial charge in [-0.1, -0.05) is 77.9 Å². The van der Waals surface area contributed by atoms with Crippen LogP contribution in [0.3, 0.4) is 0 Å². The molecule has 1 aliphatic rings. The Balaban J connectivity index is 1.62. The Morgan fingerprint density at radius 2 is 1.74 bits per heavy atom. The first-order valence-electron chi connectivity index (χ1n) is 10.1. The van der Waals surface area contributed by atoms with Gasteiger partial charge >= 0.3 is 5.97 Å². The molecule has 0 N–H and O–H groups in total. The lowest BCUT2D eigenvalue weighted by molar-refractivity contribution is -0.140. The molecule has 5 rings (SSSR count). The molecule has 1 aliphatic heterocycles. The van der Waals surface area contributed by atoms with Crippen molar-refractivity contribution >= 4 is 22.7 Å². The second kappa shape index (κ2) is 7.68. The Morgan fingerprint density at radius 3 is 2.58 bits per heavy atom. The van der Waals surface area contributed by atoms with Crippen molar-refractivity contribution in [3.8, 4) is 0 Å². The molecule has 0 saturated heterocycles. The van der Waals surface area contributed by atoms with Crippen molar-refractivity contribution in [2.45, 2.75) is 19.6 Å². The summed E-state index contributed by atoms with van der Waals surface area (Å²) < 4.78 is 7.42. The van der Waals surface area contributed by atoms with Gasteiger partial charge in [-0.2, -0.15) is 4.68 Å². The maximum Gasteiger partial charge on any atom is 0.338 e. The monoisotopic (exact) mass is 411 g/mol. The van der Waals surface area contributed by atoms with E-state index < -0.39 is 6.04 Å². The Labute approximate surface area is 179 Å². The van der Waals surface area contributed by atoms with E-state index in [2.05, 4.69) is 33.7 Å². The minimum atomic E-state index is -0.490. The average molecular weight is 411 g/mol. The molecule has 0 saturated carbocycles. The van der Waals surface area contributed by atoms with Crippen molar-refractivity contribution < 1.29 is 9.53 Å². The lowest BCUT2D eigenvalue weighted by atomic mass is 9.91. The first-order valence-corrected chi connectivity index (χ1v) is 10.1. The van der Waals surface area contributed by atoms with Crippen LogP contribution in [0.1, 0.15) is 24.1 Å². The highest BCUT2D eigenvalue weighted by Crippen LogP contribution is 2.39. The molecule has 1 atom stereocenters. The van der Waals surface area contributed by atoms with Crippen molar-refractivity contribution in [2.75, 3.05) is 11.9 Å². The molecule has 1 aromatic heterocycles. The molecule has 7 nitrogen and oxygen atoms in total. The van der Waals surface area contributed by atoms with Crippen LogP contribution in [-0.4, -0.2) is 33.2 Å². The molecule has 0 amide bonds. The predicted octanol–water partition coefficient (Wildman–Crippen LogP) is 3.88. The number of carbonyl (C=O) groups excluding carboxylic acids is 1. The van der Waals surface area contributed by atoms with Gasteiger partial charge in [-0.25, -0.2) is 4.79 Å². The number of allylic oxidation sites excluding steroid dienone is 1. The van der Waals surface area contributed by atoms with Crippen LogP contribution in [0.4, 0.5) is 5.95 Å². The third-order valence-electron chi connectivity index (χ3n) is 5.74. The van der Waals surface area contributed by atoms with E-state index in [-0.39, 0.29) is 12.6 Å². The number of esters is 1. The lowest BCUT2D eigenvalue weighted by Gasteiger charge is -2.32. The summed E-state index contributed by atoms with van der Waals surface area (Å²) >= 11 is 0.